The lowest BCUT2D eigenvalue weighted by molar-refractivity contribution is -0.385. The number of amides is 1. The van der Waals surface area contributed by atoms with E-state index in [-0.39, 0.29) is 22.9 Å². The monoisotopic (exact) mass is 261 g/mol. The lowest BCUT2D eigenvalue weighted by atomic mass is 10.0. The molecule has 1 aliphatic heterocycles. The summed E-state index contributed by atoms with van der Waals surface area (Å²) in [6.45, 7) is 3.16. The summed E-state index contributed by atoms with van der Waals surface area (Å²) in [7, 11) is 1.54. The Morgan fingerprint density at radius 1 is 1.47 bits per heavy atom. The van der Waals surface area contributed by atoms with Crippen LogP contribution < -0.4 is 9.64 Å². The first-order chi connectivity index (χ1) is 8.77. The van der Waals surface area contributed by atoms with Crippen LogP contribution in [0.5, 0.6) is 5.75 Å². The number of carbonyl (C=O) groups is 1. The fourth-order valence-corrected chi connectivity index (χ4v) is 1.97. The van der Waals surface area contributed by atoms with Gasteiger partial charge < -0.3 is 9.64 Å². The zero-order chi connectivity index (χ0) is 14.4. The van der Waals surface area contributed by atoms with Crippen molar-refractivity contribution in [3.63, 3.8) is 0 Å². The molecular weight excluding hydrogens is 250 g/mol. The maximum Gasteiger partial charge on any atom is 0.290 e. The summed E-state index contributed by atoms with van der Waals surface area (Å²) in [4.78, 5) is 23.6. The van der Waals surface area contributed by atoms with E-state index < -0.39 is 10.5 Å². The lowest BCUT2D eigenvalue weighted by Crippen LogP contribution is -2.50. The molecule has 1 aromatic rings. The number of fused-ring (bicyclic) bond motifs is 1. The van der Waals surface area contributed by atoms with Gasteiger partial charge in [-0.15, -0.1) is 0 Å². The van der Waals surface area contributed by atoms with Gasteiger partial charge in [0.2, 0.25) is 0 Å². The normalized spacial score (nSPS) is 16.3. The number of carbonyl (C=O) groups excluding carboxylic acids is 1. The van der Waals surface area contributed by atoms with Gasteiger partial charge >= 0.3 is 0 Å². The van der Waals surface area contributed by atoms with Crippen LogP contribution in [0, 0.1) is 21.4 Å². The third-order valence-corrected chi connectivity index (χ3v) is 2.94. The summed E-state index contributed by atoms with van der Waals surface area (Å²) in [5.74, 6) is -0.0597. The predicted octanol–water partition coefficient (Wildman–Crippen LogP) is 1.60. The molecule has 0 fully saturated rings. The summed E-state index contributed by atoms with van der Waals surface area (Å²) >= 11 is 0. The molecule has 7 heteroatoms. The molecule has 98 valence electrons. The second kappa shape index (κ2) is 3.95. The Morgan fingerprint density at radius 2 is 2.11 bits per heavy atom. The average molecular weight is 261 g/mol. The van der Waals surface area contributed by atoms with E-state index in [0.717, 1.165) is 0 Å². The molecule has 0 spiro atoms. The Kier molecular flexibility index (Phi) is 2.67. The number of nitriles is 1. The molecule has 0 aromatic heterocycles. The van der Waals surface area contributed by atoms with Crippen LogP contribution in [0.1, 0.15) is 19.4 Å². The second-order valence-electron chi connectivity index (χ2n) is 4.68. The van der Waals surface area contributed by atoms with Gasteiger partial charge in [-0.25, -0.2) is 0 Å². The number of nitrogens with zero attached hydrogens (tertiary/aromatic N) is 3. The van der Waals surface area contributed by atoms with Crippen molar-refractivity contribution in [3.8, 4) is 11.8 Å². The minimum absolute atomic E-state index is 0.105. The number of benzene rings is 1. The molecule has 0 saturated carbocycles. The van der Waals surface area contributed by atoms with Gasteiger partial charge in [0.05, 0.1) is 16.7 Å². The number of nitro benzene ring substituents is 1. The van der Waals surface area contributed by atoms with Gasteiger partial charge in [0.25, 0.3) is 11.6 Å². The summed E-state index contributed by atoms with van der Waals surface area (Å²) in [5.41, 5.74) is -1.18. The molecule has 0 bridgehead atoms. The molecule has 0 aliphatic carbocycles. The second-order valence-corrected chi connectivity index (χ2v) is 4.68. The van der Waals surface area contributed by atoms with Crippen LogP contribution in [-0.4, -0.2) is 23.5 Å². The zero-order valence-electron chi connectivity index (χ0n) is 10.6. The van der Waals surface area contributed by atoms with Crippen molar-refractivity contribution in [2.24, 2.45) is 0 Å². The van der Waals surface area contributed by atoms with Crippen LogP contribution in [0.15, 0.2) is 12.1 Å². The standard InChI is InChI=1S/C12H11N3O4/c1-12(2)11(16)14(3)9-4-7(6-13)8(15(17)18)5-10(9)19-12/h4-5H,1-3H3. The molecule has 1 aromatic carbocycles. The SMILES string of the molecule is CN1C(=O)C(C)(C)Oc2cc([N+](=O)[O-])c(C#N)cc21. The highest BCUT2D eigenvalue weighted by Gasteiger charge is 2.40. The van der Waals surface area contributed by atoms with Crippen molar-refractivity contribution in [3.05, 3.63) is 27.8 Å². The van der Waals surface area contributed by atoms with E-state index in [1.165, 1.54) is 17.0 Å². The molecule has 0 N–H and O–H groups in total. The molecule has 1 aliphatic rings. The van der Waals surface area contributed by atoms with Gasteiger partial charge in [-0.2, -0.15) is 5.26 Å². The Labute approximate surface area is 109 Å². The molecule has 2 rings (SSSR count). The van der Waals surface area contributed by atoms with Crippen molar-refractivity contribution < 1.29 is 14.5 Å². The number of likely N-dealkylation sites (N-methyl/N-ethyl adjacent to an activating group) is 1. The van der Waals surface area contributed by atoms with Gasteiger partial charge in [-0.1, -0.05) is 0 Å². The molecule has 19 heavy (non-hydrogen) atoms. The first-order valence-corrected chi connectivity index (χ1v) is 5.47. The number of hydrogen-bond acceptors (Lipinski definition) is 5. The first-order valence-electron chi connectivity index (χ1n) is 5.47. The van der Waals surface area contributed by atoms with Crippen molar-refractivity contribution in [1.82, 2.24) is 0 Å². The fraction of sp³-hybridized carbons (Fsp3) is 0.333. The highest BCUT2D eigenvalue weighted by atomic mass is 16.6. The molecule has 0 unspecified atom stereocenters. The summed E-state index contributed by atoms with van der Waals surface area (Å²) < 4.78 is 5.49. The van der Waals surface area contributed by atoms with Crippen molar-refractivity contribution >= 4 is 17.3 Å². The van der Waals surface area contributed by atoms with Crippen LogP contribution in [0.2, 0.25) is 0 Å². The van der Waals surface area contributed by atoms with E-state index in [1.807, 2.05) is 0 Å². The Bertz CT molecular complexity index is 631. The lowest BCUT2D eigenvalue weighted by Gasteiger charge is -2.36. The van der Waals surface area contributed by atoms with E-state index in [4.69, 9.17) is 10.00 Å². The molecule has 0 radical (unpaired) electrons. The van der Waals surface area contributed by atoms with Gasteiger partial charge in [0.15, 0.2) is 11.4 Å². The van der Waals surface area contributed by atoms with Gasteiger partial charge in [-0.3, -0.25) is 14.9 Å². The minimum atomic E-state index is -1.09. The number of rotatable bonds is 1. The highest BCUT2D eigenvalue weighted by molar-refractivity contribution is 6.02. The zero-order valence-corrected chi connectivity index (χ0v) is 10.6. The van der Waals surface area contributed by atoms with E-state index >= 15 is 0 Å². The molecule has 0 saturated heterocycles. The molecule has 7 nitrogen and oxygen atoms in total. The van der Waals surface area contributed by atoms with Crippen LogP contribution in [-0.2, 0) is 4.79 Å². The maximum absolute atomic E-state index is 12.0. The topological polar surface area (TPSA) is 96.5 Å². The van der Waals surface area contributed by atoms with Crippen LogP contribution >= 0.6 is 0 Å². The van der Waals surface area contributed by atoms with Crippen molar-refractivity contribution in [2.45, 2.75) is 19.4 Å². The highest BCUT2D eigenvalue weighted by Crippen LogP contribution is 2.40. The number of hydrogen-bond donors (Lipinski definition) is 0. The molecule has 1 amide bonds. The number of nitro groups is 1. The predicted molar refractivity (Wildman–Crippen MR) is 65.9 cm³/mol. The number of ether oxygens (including phenoxy) is 1. The average Bonchev–Trinajstić information content (AvgIpc) is 2.34. The largest absolute Gasteiger partial charge is 0.476 e. The van der Waals surface area contributed by atoms with Crippen molar-refractivity contribution in [1.29, 1.82) is 5.26 Å². The van der Waals surface area contributed by atoms with Crippen LogP contribution in [0.25, 0.3) is 0 Å². The molecule has 1 heterocycles. The quantitative estimate of drug-likeness (QED) is 0.565. The maximum atomic E-state index is 12.0. The van der Waals surface area contributed by atoms with E-state index in [9.17, 15) is 14.9 Å². The van der Waals surface area contributed by atoms with E-state index in [2.05, 4.69) is 0 Å². The Hall–Kier alpha value is -2.62. The third kappa shape index (κ3) is 1.87. The molecule has 0 atom stereocenters. The van der Waals surface area contributed by atoms with Gasteiger partial charge in [0, 0.05) is 7.05 Å². The van der Waals surface area contributed by atoms with Gasteiger partial charge in [0.1, 0.15) is 11.6 Å². The number of anilines is 1. The summed E-state index contributed by atoms with van der Waals surface area (Å²) in [6, 6.07) is 4.22. The van der Waals surface area contributed by atoms with Gasteiger partial charge in [-0.05, 0) is 19.9 Å². The minimum Gasteiger partial charge on any atom is -0.476 e. The first kappa shape index (κ1) is 12.8. The van der Waals surface area contributed by atoms with E-state index in [0.29, 0.717) is 5.69 Å². The van der Waals surface area contributed by atoms with Crippen LogP contribution in [0.4, 0.5) is 11.4 Å². The summed E-state index contributed by atoms with van der Waals surface area (Å²) in [5, 5.41) is 19.8. The molecular formula is C12H11N3O4. The van der Waals surface area contributed by atoms with Crippen molar-refractivity contribution in [2.75, 3.05) is 11.9 Å². The Balaban J connectivity index is 2.68. The van der Waals surface area contributed by atoms with E-state index in [1.54, 1.807) is 27.0 Å². The smallest absolute Gasteiger partial charge is 0.290 e. The fourth-order valence-electron chi connectivity index (χ4n) is 1.97. The Morgan fingerprint density at radius 3 is 2.63 bits per heavy atom. The third-order valence-electron chi connectivity index (χ3n) is 2.94. The van der Waals surface area contributed by atoms with Crippen LogP contribution in [0.3, 0.4) is 0 Å². The summed E-state index contributed by atoms with van der Waals surface area (Å²) in [6.07, 6.45) is 0.